The van der Waals surface area contributed by atoms with Gasteiger partial charge in [0.1, 0.15) is 11.3 Å². The van der Waals surface area contributed by atoms with Crippen LogP contribution >= 0.6 is 0 Å². The molecule has 0 aliphatic heterocycles. The Bertz CT molecular complexity index is 1360. The number of pyridine rings is 1. The van der Waals surface area contributed by atoms with Crippen LogP contribution < -0.4 is 5.43 Å². The normalized spacial score (nSPS) is 15.3. The van der Waals surface area contributed by atoms with Crippen molar-refractivity contribution in [3.8, 4) is 11.5 Å². The number of carbonyl (C=O) groups is 3. The molecule has 1 heterocycles. The third-order valence-corrected chi connectivity index (χ3v) is 5.46. The third kappa shape index (κ3) is 2.13. The first-order valence-corrected chi connectivity index (χ1v) is 8.91. The fourth-order valence-electron chi connectivity index (χ4n) is 3.96. The first-order valence-electron chi connectivity index (χ1n) is 8.91. The van der Waals surface area contributed by atoms with Crippen molar-refractivity contribution in [1.82, 2.24) is 4.57 Å². The molecule has 2 aliphatic carbocycles. The maximum atomic E-state index is 13.0. The van der Waals surface area contributed by atoms with Crippen LogP contribution in [0, 0.1) is 0 Å². The molecule has 8 nitrogen and oxygen atoms in total. The molecule has 0 unspecified atom stereocenters. The minimum atomic E-state index is -1.49. The summed E-state index contributed by atoms with van der Waals surface area (Å²) in [5.41, 5.74) is -2.50. The van der Waals surface area contributed by atoms with E-state index in [-0.39, 0.29) is 28.2 Å². The summed E-state index contributed by atoms with van der Waals surface area (Å²) in [6.07, 6.45) is 2.48. The first kappa shape index (κ1) is 17.2. The van der Waals surface area contributed by atoms with Crippen molar-refractivity contribution < 1.29 is 29.7 Å². The predicted octanol–water partition coefficient (Wildman–Crippen LogP) is 2.22. The van der Waals surface area contributed by atoms with Gasteiger partial charge in [-0.25, -0.2) is 4.79 Å². The number of aromatic carboxylic acids is 1. The van der Waals surface area contributed by atoms with Gasteiger partial charge < -0.3 is 19.9 Å². The number of rotatable bonds is 2. The molecule has 3 N–H and O–H groups in total. The van der Waals surface area contributed by atoms with E-state index < -0.39 is 51.0 Å². The van der Waals surface area contributed by atoms with Crippen LogP contribution in [0.25, 0.3) is 10.9 Å². The van der Waals surface area contributed by atoms with E-state index >= 15 is 0 Å². The smallest absolute Gasteiger partial charge is 0.341 e. The molecule has 144 valence electrons. The molecule has 1 aromatic heterocycles. The average molecular weight is 391 g/mol. The highest BCUT2D eigenvalue weighted by Crippen LogP contribution is 2.46. The van der Waals surface area contributed by atoms with Crippen molar-refractivity contribution in [1.29, 1.82) is 0 Å². The number of aromatic nitrogens is 1. The fourth-order valence-corrected chi connectivity index (χ4v) is 3.96. The Morgan fingerprint density at radius 2 is 1.48 bits per heavy atom. The highest BCUT2D eigenvalue weighted by atomic mass is 16.4. The number of nitrogens with zero attached hydrogens (tertiary/aromatic N) is 1. The van der Waals surface area contributed by atoms with Crippen LogP contribution in [0.2, 0.25) is 0 Å². The molecular formula is C21H13NO7. The number of aromatic hydroxyl groups is 2. The van der Waals surface area contributed by atoms with Gasteiger partial charge in [-0.2, -0.15) is 0 Å². The quantitative estimate of drug-likeness (QED) is 0.446. The van der Waals surface area contributed by atoms with E-state index in [1.54, 1.807) is 12.1 Å². The maximum Gasteiger partial charge on any atom is 0.341 e. The van der Waals surface area contributed by atoms with Gasteiger partial charge in [-0.3, -0.25) is 14.4 Å². The average Bonchev–Trinajstić information content (AvgIpc) is 3.53. The van der Waals surface area contributed by atoms with Gasteiger partial charge in [0.2, 0.25) is 5.43 Å². The van der Waals surface area contributed by atoms with Gasteiger partial charge in [-0.15, -0.1) is 0 Å². The molecule has 5 rings (SSSR count). The number of phenols is 2. The lowest BCUT2D eigenvalue weighted by Gasteiger charge is -2.22. The third-order valence-electron chi connectivity index (χ3n) is 5.46. The molecule has 0 bridgehead atoms. The topological polar surface area (TPSA) is 134 Å². The number of benzene rings is 2. The highest BCUT2D eigenvalue weighted by Gasteiger charge is 2.39. The van der Waals surface area contributed by atoms with Gasteiger partial charge in [0.05, 0.1) is 22.0 Å². The number of carboxylic acid groups (broad SMARTS) is 1. The van der Waals surface area contributed by atoms with Crippen molar-refractivity contribution in [2.45, 2.75) is 18.9 Å². The summed E-state index contributed by atoms with van der Waals surface area (Å²) in [4.78, 5) is 50.3. The number of carboxylic acids is 1. The summed E-state index contributed by atoms with van der Waals surface area (Å²) in [6.45, 7) is 0. The van der Waals surface area contributed by atoms with Crippen LogP contribution in [0.5, 0.6) is 11.5 Å². The van der Waals surface area contributed by atoms with Gasteiger partial charge in [0.25, 0.3) is 0 Å². The largest absolute Gasteiger partial charge is 0.506 e. The number of carbonyl (C=O) groups excluding carboxylic acids is 2. The van der Waals surface area contributed by atoms with E-state index in [2.05, 4.69) is 0 Å². The van der Waals surface area contributed by atoms with Crippen LogP contribution in [0.1, 0.15) is 61.1 Å². The molecule has 1 saturated carbocycles. The fraction of sp³-hybridized carbons (Fsp3) is 0.143. The lowest BCUT2D eigenvalue weighted by molar-refractivity contribution is 0.0694. The molecular weight excluding hydrogens is 378 g/mol. The Morgan fingerprint density at radius 1 is 0.931 bits per heavy atom. The standard InChI is InChI=1S/C21H13NO7/c23-16-9-3-1-2-4-10(9)17(24)13-12(16)19(26)14-15(20(13)27)22(8-5-6-8)7-11(18(14)25)21(28)29/h1-4,7-8,26-27H,5-6H2,(H,28,29). The second-order valence-electron chi connectivity index (χ2n) is 7.19. The zero-order chi connectivity index (χ0) is 20.6. The monoisotopic (exact) mass is 391 g/mol. The van der Waals surface area contributed by atoms with Crippen molar-refractivity contribution in [3.63, 3.8) is 0 Å². The van der Waals surface area contributed by atoms with Crippen molar-refractivity contribution in [2.24, 2.45) is 0 Å². The molecule has 2 aliphatic rings. The van der Waals surface area contributed by atoms with Crippen LogP contribution in [-0.2, 0) is 0 Å². The molecule has 3 aromatic rings. The van der Waals surface area contributed by atoms with Crippen LogP contribution in [0.3, 0.4) is 0 Å². The van der Waals surface area contributed by atoms with E-state index in [0.717, 1.165) is 6.20 Å². The van der Waals surface area contributed by atoms with E-state index in [1.807, 2.05) is 0 Å². The molecule has 29 heavy (non-hydrogen) atoms. The molecule has 0 saturated heterocycles. The molecule has 1 fully saturated rings. The lowest BCUT2D eigenvalue weighted by Crippen LogP contribution is -2.24. The van der Waals surface area contributed by atoms with Crippen LogP contribution in [-0.4, -0.2) is 37.4 Å². The number of hydrogen-bond donors (Lipinski definition) is 3. The van der Waals surface area contributed by atoms with E-state index in [9.17, 15) is 34.5 Å². The maximum absolute atomic E-state index is 13.0. The minimum absolute atomic E-state index is 0.0379. The van der Waals surface area contributed by atoms with E-state index in [1.165, 1.54) is 16.7 Å². The lowest BCUT2D eigenvalue weighted by atomic mass is 9.82. The summed E-state index contributed by atoms with van der Waals surface area (Å²) < 4.78 is 1.40. The number of fused-ring (bicyclic) bond motifs is 3. The molecule has 0 amide bonds. The summed E-state index contributed by atoms with van der Waals surface area (Å²) in [7, 11) is 0. The SMILES string of the molecule is O=C1c2ccccc2C(=O)c2c1c(O)c1c(=O)c(C(=O)O)cn(C3CC3)c1c2O. The second kappa shape index (κ2) is 5.54. The zero-order valence-corrected chi connectivity index (χ0v) is 14.8. The van der Waals surface area contributed by atoms with Crippen LogP contribution in [0.4, 0.5) is 0 Å². The Labute approximate surface area is 162 Å². The summed E-state index contributed by atoms with van der Waals surface area (Å²) in [6, 6.07) is 5.80. The Balaban J connectivity index is 1.99. The Kier molecular flexibility index (Phi) is 3.28. The van der Waals surface area contributed by atoms with Gasteiger partial charge in [0.15, 0.2) is 17.3 Å². The summed E-state index contributed by atoms with van der Waals surface area (Å²) in [5.74, 6) is -4.26. The minimum Gasteiger partial charge on any atom is -0.506 e. The van der Waals surface area contributed by atoms with Gasteiger partial charge in [0, 0.05) is 23.4 Å². The van der Waals surface area contributed by atoms with Gasteiger partial charge >= 0.3 is 5.97 Å². The Hall–Kier alpha value is -3.94. The van der Waals surface area contributed by atoms with E-state index in [4.69, 9.17) is 0 Å². The highest BCUT2D eigenvalue weighted by molar-refractivity contribution is 6.32. The molecule has 0 radical (unpaired) electrons. The first-order chi connectivity index (χ1) is 13.8. The molecule has 2 aromatic carbocycles. The second-order valence-corrected chi connectivity index (χ2v) is 7.19. The van der Waals surface area contributed by atoms with Crippen molar-refractivity contribution in [2.75, 3.05) is 0 Å². The number of phenolic OH excluding ortho intramolecular Hbond substituents is 2. The number of ketones is 2. The summed E-state index contributed by atoms with van der Waals surface area (Å²) in [5, 5.41) is 30.7. The molecule has 0 atom stereocenters. The summed E-state index contributed by atoms with van der Waals surface area (Å²) >= 11 is 0. The number of hydrogen-bond acceptors (Lipinski definition) is 6. The molecule has 0 spiro atoms. The van der Waals surface area contributed by atoms with E-state index in [0.29, 0.717) is 12.8 Å². The van der Waals surface area contributed by atoms with Crippen molar-refractivity contribution >= 4 is 28.4 Å². The van der Waals surface area contributed by atoms with Gasteiger partial charge in [-0.05, 0) is 12.8 Å². The van der Waals surface area contributed by atoms with Crippen LogP contribution in [0.15, 0.2) is 35.3 Å². The Morgan fingerprint density at radius 3 is 2.00 bits per heavy atom. The molecule has 8 heteroatoms. The zero-order valence-electron chi connectivity index (χ0n) is 14.8. The van der Waals surface area contributed by atoms with Gasteiger partial charge in [-0.1, -0.05) is 24.3 Å². The predicted molar refractivity (Wildman–Crippen MR) is 100 cm³/mol. The van der Waals surface area contributed by atoms with Crippen molar-refractivity contribution in [3.05, 3.63) is 68.5 Å².